The summed E-state index contributed by atoms with van der Waals surface area (Å²) in [5.74, 6) is -0.331. The largest absolute Gasteiger partial charge is 0.462 e. The number of fused-ring (bicyclic) bond motifs is 1. The number of anilines is 1. The topological polar surface area (TPSA) is 42.4 Å². The number of hydrogen-bond acceptors (Lipinski definition) is 4. The van der Waals surface area contributed by atoms with Crippen LogP contribution in [0.4, 0.5) is 5.69 Å². The summed E-state index contributed by atoms with van der Waals surface area (Å²) in [5.41, 5.74) is 3.37. The van der Waals surface area contributed by atoms with E-state index in [0.717, 1.165) is 22.2 Å². The van der Waals surface area contributed by atoms with Gasteiger partial charge in [0.2, 0.25) is 0 Å². The molecule has 1 heterocycles. The predicted molar refractivity (Wildman–Crippen MR) is 76.8 cm³/mol. The summed E-state index contributed by atoms with van der Waals surface area (Å²) in [6.45, 7) is 4.17. The SMILES string of the molecule is CCOC(=O)c1cnc2c(C)cccc2c1N(C)C. The number of pyridine rings is 1. The molecule has 19 heavy (non-hydrogen) atoms. The van der Waals surface area contributed by atoms with Gasteiger partial charge in [-0.1, -0.05) is 18.2 Å². The molecule has 4 heteroatoms. The molecule has 1 aromatic carbocycles. The summed E-state index contributed by atoms with van der Waals surface area (Å²) < 4.78 is 5.09. The van der Waals surface area contributed by atoms with Crippen LogP contribution in [0.5, 0.6) is 0 Å². The summed E-state index contributed by atoms with van der Waals surface area (Å²) in [6.07, 6.45) is 1.60. The van der Waals surface area contributed by atoms with Crippen molar-refractivity contribution in [3.05, 3.63) is 35.5 Å². The van der Waals surface area contributed by atoms with E-state index < -0.39 is 0 Å². The first-order chi connectivity index (χ1) is 9.06. The molecule has 4 nitrogen and oxygen atoms in total. The van der Waals surface area contributed by atoms with Gasteiger partial charge in [0.05, 0.1) is 17.8 Å². The minimum absolute atomic E-state index is 0.331. The average molecular weight is 258 g/mol. The molecule has 0 aliphatic rings. The van der Waals surface area contributed by atoms with E-state index in [1.165, 1.54) is 0 Å². The molecule has 2 rings (SSSR count). The van der Waals surface area contributed by atoms with Crippen molar-refractivity contribution in [2.24, 2.45) is 0 Å². The van der Waals surface area contributed by atoms with E-state index in [2.05, 4.69) is 4.98 Å². The second kappa shape index (κ2) is 5.26. The lowest BCUT2D eigenvalue weighted by atomic mass is 10.1. The highest BCUT2D eigenvalue weighted by Crippen LogP contribution is 2.30. The highest BCUT2D eigenvalue weighted by Gasteiger charge is 2.18. The van der Waals surface area contributed by atoms with Crippen LogP contribution in [0, 0.1) is 6.92 Å². The molecule has 0 aliphatic carbocycles. The zero-order valence-electron chi connectivity index (χ0n) is 11.7. The van der Waals surface area contributed by atoms with Crippen LogP contribution in [0.15, 0.2) is 24.4 Å². The van der Waals surface area contributed by atoms with Crippen LogP contribution in [0.3, 0.4) is 0 Å². The number of hydrogen-bond donors (Lipinski definition) is 0. The fourth-order valence-corrected chi connectivity index (χ4v) is 2.20. The molecule has 0 radical (unpaired) electrons. The van der Waals surface area contributed by atoms with Crippen molar-refractivity contribution >= 4 is 22.6 Å². The minimum atomic E-state index is -0.331. The zero-order valence-corrected chi connectivity index (χ0v) is 11.7. The second-order valence-corrected chi connectivity index (χ2v) is 4.61. The van der Waals surface area contributed by atoms with E-state index >= 15 is 0 Å². The Morgan fingerprint density at radius 1 is 1.37 bits per heavy atom. The fraction of sp³-hybridized carbons (Fsp3) is 0.333. The Labute approximate surface area is 113 Å². The van der Waals surface area contributed by atoms with Crippen LogP contribution in [0.1, 0.15) is 22.8 Å². The van der Waals surface area contributed by atoms with Crippen LogP contribution < -0.4 is 4.90 Å². The number of rotatable bonds is 3. The summed E-state index contributed by atoms with van der Waals surface area (Å²) in [4.78, 5) is 18.3. The van der Waals surface area contributed by atoms with Gasteiger partial charge in [-0.3, -0.25) is 4.98 Å². The molecule has 2 aromatic rings. The first kappa shape index (κ1) is 13.3. The summed E-state index contributed by atoms with van der Waals surface area (Å²) in [6, 6.07) is 5.97. The van der Waals surface area contributed by atoms with E-state index in [-0.39, 0.29) is 5.97 Å². The molecule has 0 amide bonds. The number of nitrogens with zero attached hydrogens (tertiary/aromatic N) is 2. The Morgan fingerprint density at radius 2 is 2.11 bits per heavy atom. The smallest absolute Gasteiger partial charge is 0.341 e. The number of para-hydroxylation sites is 1. The van der Waals surface area contributed by atoms with E-state index in [0.29, 0.717) is 12.2 Å². The van der Waals surface area contributed by atoms with Crippen molar-refractivity contribution in [1.82, 2.24) is 4.98 Å². The summed E-state index contributed by atoms with van der Waals surface area (Å²) in [7, 11) is 3.83. The summed E-state index contributed by atoms with van der Waals surface area (Å²) in [5, 5.41) is 0.968. The lowest BCUT2D eigenvalue weighted by molar-refractivity contribution is 0.0527. The van der Waals surface area contributed by atoms with Crippen LogP contribution in [0.25, 0.3) is 10.9 Å². The third-order valence-electron chi connectivity index (χ3n) is 3.01. The minimum Gasteiger partial charge on any atom is -0.462 e. The van der Waals surface area contributed by atoms with E-state index in [4.69, 9.17) is 4.74 Å². The van der Waals surface area contributed by atoms with Gasteiger partial charge in [-0.25, -0.2) is 4.79 Å². The maximum Gasteiger partial charge on any atom is 0.341 e. The third-order valence-corrected chi connectivity index (χ3v) is 3.01. The summed E-state index contributed by atoms with van der Waals surface area (Å²) >= 11 is 0. The standard InChI is InChI=1S/C15H18N2O2/c1-5-19-15(18)12-9-16-13-10(2)7-6-8-11(13)14(12)17(3)4/h6-9H,5H2,1-4H3. The normalized spacial score (nSPS) is 10.5. The molecule has 0 saturated carbocycles. The predicted octanol–water partition coefficient (Wildman–Crippen LogP) is 2.79. The number of esters is 1. The highest BCUT2D eigenvalue weighted by atomic mass is 16.5. The van der Waals surface area contributed by atoms with Crippen molar-refractivity contribution in [3.63, 3.8) is 0 Å². The van der Waals surface area contributed by atoms with Gasteiger partial charge in [0, 0.05) is 25.7 Å². The molecule has 0 N–H and O–H groups in total. The van der Waals surface area contributed by atoms with Crippen LogP contribution in [-0.4, -0.2) is 31.7 Å². The number of ether oxygens (including phenoxy) is 1. The monoisotopic (exact) mass is 258 g/mol. The Bertz CT molecular complexity index is 621. The molecule has 100 valence electrons. The number of carbonyl (C=O) groups is 1. The van der Waals surface area contributed by atoms with Gasteiger partial charge < -0.3 is 9.64 Å². The molecule has 1 aromatic heterocycles. The van der Waals surface area contributed by atoms with Gasteiger partial charge in [-0.2, -0.15) is 0 Å². The van der Waals surface area contributed by atoms with Gasteiger partial charge in [-0.15, -0.1) is 0 Å². The molecule has 0 unspecified atom stereocenters. The lowest BCUT2D eigenvalue weighted by Gasteiger charge is -2.19. The average Bonchev–Trinajstić information content (AvgIpc) is 2.37. The fourth-order valence-electron chi connectivity index (χ4n) is 2.20. The van der Waals surface area contributed by atoms with Gasteiger partial charge in [0.1, 0.15) is 5.56 Å². The van der Waals surface area contributed by atoms with Gasteiger partial charge in [0.25, 0.3) is 0 Å². The number of aromatic nitrogens is 1. The van der Waals surface area contributed by atoms with E-state index in [1.54, 1.807) is 13.1 Å². The molecule has 0 fully saturated rings. The van der Waals surface area contributed by atoms with Crippen molar-refractivity contribution in [1.29, 1.82) is 0 Å². The number of benzene rings is 1. The van der Waals surface area contributed by atoms with Crippen LogP contribution in [-0.2, 0) is 4.74 Å². The van der Waals surface area contributed by atoms with Crippen LogP contribution >= 0.6 is 0 Å². The number of aryl methyl sites for hydroxylation is 1. The maximum absolute atomic E-state index is 12.0. The van der Waals surface area contributed by atoms with Crippen molar-refractivity contribution < 1.29 is 9.53 Å². The molecule has 0 spiro atoms. The molecule has 0 aliphatic heterocycles. The van der Waals surface area contributed by atoms with Crippen molar-refractivity contribution in [2.75, 3.05) is 25.6 Å². The molecular weight excluding hydrogens is 240 g/mol. The Balaban J connectivity index is 2.73. The molecule has 0 bridgehead atoms. The third kappa shape index (κ3) is 2.38. The van der Waals surface area contributed by atoms with Crippen molar-refractivity contribution in [3.8, 4) is 0 Å². The van der Waals surface area contributed by atoms with Gasteiger partial charge in [0.15, 0.2) is 0 Å². The molecular formula is C15H18N2O2. The Hall–Kier alpha value is -2.10. The Kier molecular flexibility index (Phi) is 3.69. The molecule has 0 saturated heterocycles. The second-order valence-electron chi connectivity index (χ2n) is 4.61. The number of carbonyl (C=O) groups excluding carboxylic acids is 1. The van der Waals surface area contributed by atoms with Crippen molar-refractivity contribution in [2.45, 2.75) is 13.8 Å². The van der Waals surface area contributed by atoms with Crippen LogP contribution in [0.2, 0.25) is 0 Å². The van der Waals surface area contributed by atoms with E-state index in [1.807, 2.05) is 44.1 Å². The Morgan fingerprint density at radius 3 is 2.74 bits per heavy atom. The maximum atomic E-state index is 12.0. The van der Waals surface area contributed by atoms with Gasteiger partial charge >= 0.3 is 5.97 Å². The lowest BCUT2D eigenvalue weighted by Crippen LogP contribution is -2.16. The quantitative estimate of drug-likeness (QED) is 0.794. The highest BCUT2D eigenvalue weighted by molar-refractivity contribution is 6.05. The van der Waals surface area contributed by atoms with Gasteiger partial charge in [-0.05, 0) is 19.4 Å². The van der Waals surface area contributed by atoms with E-state index in [9.17, 15) is 4.79 Å². The molecule has 0 atom stereocenters. The zero-order chi connectivity index (χ0) is 14.0. The first-order valence-corrected chi connectivity index (χ1v) is 6.29. The first-order valence-electron chi connectivity index (χ1n) is 6.29.